The number of aromatic nitrogens is 1. The zero-order chi connectivity index (χ0) is 8.43. The van der Waals surface area contributed by atoms with Crippen LogP contribution in [0.1, 0.15) is 24.2 Å². The monoisotopic (exact) mass is 153 g/mol. The van der Waals surface area contributed by atoms with Crippen LogP contribution >= 0.6 is 0 Å². The van der Waals surface area contributed by atoms with E-state index in [-0.39, 0.29) is 5.56 Å². The lowest BCUT2D eigenvalue weighted by molar-refractivity contribution is 0.198. The topological polar surface area (TPSA) is 53.1 Å². The molecule has 3 nitrogen and oxygen atoms in total. The fourth-order valence-electron chi connectivity index (χ4n) is 0.861. The normalized spacial score (nSPS) is 13.0. The van der Waals surface area contributed by atoms with E-state index in [0.29, 0.717) is 5.56 Å². The second-order valence-electron chi connectivity index (χ2n) is 2.62. The van der Waals surface area contributed by atoms with E-state index in [1.807, 2.05) is 0 Å². The zero-order valence-corrected chi connectivity index (χ0v) is 6.59. The number of aliphatic hydroxyl groups excluding tert-OH is 1. The number of aromatic amines is 1. The van der Waals surface area contributed by atoms with Crippen LogP contribution in [0.15, 0.2) is 17.1 Å². The number of hydrogen-bond acceptors (Lipinski definition) is 2. The van der Waals surface area contributed by atoms with E-state index in [2.05, 4.69) is 4.98 Å². The van der Waals surface area contributed by atoms with E-state index in [1.54, 1.807) is 19.9 Å². The number of nitrogens with one attached hydrogen (secondary N) is 1. The van der Waals surface area contributed by atoms with Gasteiger partial charge in [-0.05, 0) is 25.5 Å². The lowest BCUT2D eigenvalue weighted by Gasteiger charge is -2.03. The van der Waals surface area contributed by atoms with Gasteiger partial charge in [-0.25, -0.2) is 0 Å². The Morgan fingerprint density at radius 1 is 1.64 bits per heavy atom. The Labute approximate surface area is 64.7 Å². The minimum Gasteiger partial charge on any atom is -0.389 e. The van der Waals surface area contributed by atoms with E-state index in [1.165, 1.54) is 6.20 Å². The molecule has 2 N–H and O–H groups in total. The number of rotatable bonds is 1. The van der Waals surface area contributed by atoms with Crippen molar-refractivity contribution in [2.75, 3.05) is 0 Å². The van der Waals surface area contributed by atoms with Gasteiger partial charge >= 0.3 is 0 Å². The molecule has 0 spiro atoms. The summed E-state index contributed by atoms with van der Waals surface area (Å²) < 4.78 is 0. The SMILES string of the molecule is Cc1cc([C@@H](C)O)c[nH]c1=O. The summed E-state index contributed by atoms with van der Waals surface area (Å²) in [7, 11) is 0. The number of aryl methyl sites for hydroxylation is 1. The lowest BCUT2D eigenvalue weighted by atomic mass is 10.1. The van der Waals surface area contributed by atoms with E-state index in [0.717, 1.165) is 5.56 Å². The smallest absolute Gasteiger partial charge is 0.250 e. The fourth-order valence-corrected chi connectivity index (χ4v) is 0.861. The van der Waals surface area contributed by atoms with Crippen LogP contribution in [0.2, 0.25) is 0 Å². The Balaban J connectivity index is 3.15. The van der Waals surface area contributed by atoms with Gasteiger partial charge in [-0.3, -0.25) is 4.79 Å². The first kappa shape index (κ1) is 8.01. The molecular formula is C8H11NO2. The molecule has 1 aromatic rings. The molecule has 0 amide bonds. The van der Waals surface area contributed by atoms with Crippen LogP contribution in [0.5, 0.6) is 0 Å². The molecule has 1 atom stereocenters. The van der Waals surface area contributed by atoms with Gasteiger partial charge in [0.2, 0.25) is 0 Å². The number of H-pyrrole nitrogens is 1. The van der Waals surface area contributed by atoms with Crippen LogP contribution in [0.25, 0.3) is 0 Å². The molecule has 1 rings (SSSR count). The molecule has 0 radical (unpaired) electrons. The van der Waals surface area contributed by atoms with Crippen molar-refractivity contribution in [1.29, 1.82) is 0 Å². The maximum absolute atomic E-state index is 10.9. The molecule has 0 fully saturated rings. The summed E-state index contributed by atoms with van der Waals surface area (Å²) >= 11 is 0. The van der Waals surface area contributed by atoms with Gasteiger partial charge in [0.1, 0.15) is 0 Å². The minimum absolute atomic E-state index is 0.102. The van der Waals surface area contributed by atoms with Crippen molar-refractivity contribution in [2.45, 2.75) is 20.0 Å². The van der Waals surface area contributed by atoms with Crippen molar-refractivity contribution in [3.05, 3.63) is 33.7 Å². The summed E-state index contributed by atoms with van der Waals surface area (Å²) in [5, 5.41) is 9.12. The first-order chi connectivity index (χ1) is 5.11. The van der Waals surface area contributed by atoms with Crippen LogP contribution < -0.4 is 5.56 Å². The van der Waals surface area contributed by atoms with Crippen LogP contribution in [0.3, 0.4) is 0 Å². The summed E-state index contributed by atoms with van der Waals surface area (Å²) in [6.45, 7) is 3.37. The highest BCUT2D eigenvalue weighted by atomic mass is 16.3. The molecule has 0 aliphatic rings. The predicted octanol–water partition coefficient (Wildman–Crippen LogP) is 0.737. The second-order valence-corrected chi connectivity index (χ2v) is 2.62. The van der Waals surface area contributed by atoms with Gasteiger partial charge < -0.3 is 10.1 Å². The molecule has 0 unspecified atom stereocenters. The molecule has 1 heterocycles. The lowest BCUT2D eigenvalue weighted by Crippen LogP contribution is -2.09. The molecule has 60 valence electrons. The number of hydrogen-bond donors (Lipinski definition) is 2. The van der Waals surface area contributed by atoms with Crippen molar-refractivity contribution in [3.8, 4) is 0 Å². The van der Waals surface area contributed by atoms with E-state index in [9.17, 15) is 4.79 Å². The summed E-state index contributed by atoms with van der Waals surface area (Å²) in [5.74, 6) is 0. The van der Waals surface area contributed by atoms with Crippen LogP contribution in [0, 0.1) is 6.92 Å². The quantitative estimate of drug-likeness (QED) is 0.625. The summed E-state index contributed by atoms with van der Waals surface area (Å²) in [6.07, 6.45) is 1.01. The molecule has 0 aliphatic carbocycles. The van der Waals surface area contributed by atoms with Crippen molar-refractivity contribution in [3.63, 3.8) is 0 Å². The summed E-state index contributed by atoms with van der Waals surface area (Å²) in [4.78, 5) is 13.4. The van der Waals surface area contributed by atoms with Crippen LogP contribution in [-0.4, -0.2) is 10.1 Å². The molecule has 1 aromatic heterocycles. The van der Waals surface area contributed by atoms with E-state index >= 15 is 0 Å². The summed E-state index contributed by atoms with van der Waals surface area (Å²) in [5.41, 5.74) is 1.26. The Kier molecular flexibility index (Phi) is 2.10. The third-order valence-corrected chi connectivity index (χ3v) is 1.59. The van der Waals surface area contributed by atoms with Gasteiger partial charge in [-0.15, -0.1) is 0 Å². The van der Waals surface area contributed by atoms with Crippen LogP contribution in [-0.2, 0) is 0 Å². The van der Waals surface area contributed by atoms with Crippen molar-refractivity contribution >= 4 is 0 Å². The standard InChI is InChI=1S/C8H11NO2/c1-5-3-7(6(2)10)4-9-8(5)11/h3-4,6,10H,1-2H3,(H,9,11)/t6-/m1/s1. The Hall–Kier alpha value is -1.09. The predicted molar refractivity (Wildman–Crippen MR) is 42.4 cm³/mol. The molecule has 0 bridgehead atoms. The first-order valence-corrected chi connectivity index (χ1v) is 3.48. The van der Waals surface area contributed by atoms with Crippen molar-refractivity contribution in [1.82, 2.24) is 4.98 Å². The van der Waals surface area contributed by atoms with Gasteiger partial charge in [0.25, 0.3) is 5.56 Å². The average Bonchev–Trinajstić information content (AvgIpc) is 1.94. The maximum atomic E-state index is 10.9. The van der Waals surface area contributed by atoms with Crippen molar-refractivity contribution in [2.24, 2.45) is 0 Å². The summed E-state index contributed by atoms with van der Waals surface area (Å²) in [6, 6.07) is 1.68. The first-order valence-electron chi connectivity index (χ1n) is 3.48. The minimum atomic E-state index is -0.523. The zero-order valence-electron chi connectivity index (χ0n) is 6.59. The molecule has 0 aromatic carbocycles. The van der Waals surface area contributed by atoms with Gasteiger partial charge in [0.15, 0.2) is 0 Å². The molecule has 0 aliphatic heterocycles. The molecule has 0 saturated carbocycles. The van der Waals surface area contributed by atoms with Gasteiger partial charge in [-0.2, -0.15) is 0 Å². The number of pyridine rings is 1. The molecule has 11 heavy (non-hydrogen) atoms. The van der Waals surface area contributed by atoms with E-state index in [4.69, 9.17) is 5.11 Å². The largest absolute Gasteiger partial charge is 0.389 e. The molecule has 3 heteroatoms. The highest BCUT2D eigenvalue weighted by molar-refractivity contribution is 5.18. The fraction of sp³-hybridized carbons (Fsp3) is 0.375. The maximum Gasteiger partial charge on any atom is 0.250 e. The van der Waals surface area contributed by atoms with Gasteiger partial charge in [-0.1, -0.05) is 0 Å². The second kappa shape index (κ2) is 2.88. The Morgan fingerprint density at radius 3 is 2.73 bits per heavy atom. The highest BCUT2D eigenvalue weighted by Gasteiger charge is 2.01. The molecule has 0 saturated heterocycles. The third-order valence-electron chi connectivity index (χ3n) is 1.59. The molecular weight excluding hydrogens is 142 g/mol. The Morgan fingerprint density at radius 2 is 2.27 bits per heavy atom. The Bertz CT molecular complexity index is 301. The van der Waals surface area contributed by atoms with Gasteiger partial charge in [0.05, 0.1) is 6.10 Å². The van der Waals surface area contributed by atoms with Crippen molar-refractivity contribution < 1.29 is 5.11 Å². The average molecular weight is 153 g/mol. The third kappa shape index (κ3) is 1.68. The van der Waals surface area contributed by atoms with E-state index < -0.39 is 6.10 Å². The van der Waals surface area contributed by atoms with Gasteiger partial charge in [0, 0.05) is 11.8 Å². The highest BCUT2D eigenvalue weighted by Crippen LogP contribution is 2.08. The van der Waals surface area contributed by atoms with Crippen LogP contribution in [0.4, 0.5) is 0 Å². The number of aliphatic hydroxyl groups is 1.